The molecule has 0 aromatic heterocycles. The summed E-state index contributed by atoms with van der Waals surface area (Å²) in [5.74, 6) is 0.695. The molecule has 110 valence electrons. The summed E-state index contributed by atoms with van der Waals surface area (Å²) in [6, 6.07) is 12.5. The SMILES string of the molecule is Cc1ccccc1[C@H]1[C@@]2(C#N)[C@@]3(N=C(N)[C@@]12C#N)OCCS3. The van der Waals surface area contributed by atoms with E-state index in [1.165, 1.54) is 11.8 Å². The molecule has 0 amide bonds. The number of rotatable bonds is 1. The number of hydrogen-bond acceptors (Lipinski definition) is 6. The number of benzene rings is 1. The van der Waals surface area contributed by atoms with Crippen LogP contribution in [0.15, 0.2) is 29.3 Å². The summed E-state index contributed by atoms with van der Waals surface area (Å²) < 4.78 is 5.86. The van der Waals surface area contributed by atoms with Crippen molar-refractivity contribution in [2.45, 2.75) is 17.9 Å². The lowest BCUT2D eigenvalue weighted by Crippen LogP contribution is -2.34. The Balaban J connectivity index is 1.97. The van der Waals surface area contributed by atoms with Crippen LogP contribution in [0.4, 0.5) is 0 Å². The Bertz CT molecular complexity index is 786. The lowest BCUT2D eigenvalue weighted by molar-refractivity contribution is 0.0200. The molecule has 6 heteroatoms. The summed E-state index contributed by atoms with van der Waals surface area (Å²) in [7, 11) is 0. The van der Waals surface area contributed by atoms with Gasteiger partial charge < -0.3 is 10.5 Å². The van der Waals surface area contributed by atoms with Crippen molar-refractivity contribution in [3.8, 4) is 12.1 Å². The Kier molecular flexibility index (Phi) is 2.50. The van der Waals surface area contributed by atoms with E-state index >= 15 is 0 Å². The maximum Gasteiger partial charge on any atom is 0.230 e. The van der Waals surface area contributed by atoms with Gasteiger partial charge in [0.1, 0.15) is 11.3 Å². The second-order valence-corrected chi connectivity index (χ2v) is 7.16. The highest BCUT2D eigenvalue weighted by Crippen LogP contribution is 2.84. The topological polar surface area (TPSA) is 95.2 Å². The molecule has 1 saturated carbocycles. The first-order valence-corrected chi connectivity index (χ1v) is 8.10. The molecule has 1 saturated heterocycles. The summed E-state index contributed by atoms with van der Waals surface area (Å²) in [5, 5.41) is 18.8. The van der Waals surface area contributed by atoms with Crippen molar-refractivity contribution in [3.05, 3.63) is 35.4 Å². The minimum atomic E-state index is -1.08. The van der Waals surface area contributed by atoms with Gasteiger partial charge in [-0.05, 0) is 18.1 Å². The van der Waals surface area contributed by atoms with Crippen LogP contribution >= 0.6 is 11.8 Å². The Morgan fingerprint density at radius 1 is 1.36 bits per heavy atom. The van der Waals surface area contributed by atoms with E-state index in [-0.39, 0.29) is 11.8 Å². The van der Waals surface area contributed by atoms with Crippen molar-refractivity contribution < 1.29 is 4.74 Å². The van der Waals surface area contributed by atoms with E-state index in [0.29, 0.717) is 6.61 Å². The Morgan fingerprint density at radius 2 is 2.14 bits per heavy atom. The molecule has 4 rings (SSSR count). The van der Waals surface area contributed by atoms with E-state index in [9.17, 15) is 10.5 Å². The number of nitrogens with two attached hydrogens (primary N) is 1. The summed E-state index contributed by atoms with van der Waals surface area (Å²) in [5.41, 5.74) is 6.07. The molecule has 0 bridgehead atoms. The zero-order valence-electron chi connectivity index (χ0n) is 12.0. The molecule has 2 aliphatic heterocycles. The van der Waals surface area contributed by atoms with Gasteiger partial charge >= 0.3 is 0 Å². The van der Waals surface area contributed by atoms with E-state index in [4.69, 9.17) is 10.5 Å². The number of nitrogens with zero attached hydrogens (tertiary/aromatic N) is 3. The normalized spacial score (nSPS) is 41.6. The lowest BCUT2D eigenvalue weighted by atomic mass is 9.95. The van der Waals surface area contributed by atoms with E-state index in [1.54, 1.807) is 0 Å². The second kappa shape index (κ2) is 4.04. The van der Waals surface area contributed by atoms with Crippen molar-refractivity contribution in [1.29, 1.82) is 10.5 Å². The van der Waals surface area contributed by atoms with Crippen LogP contribution in [0.25, 0.3) is 0 Å². The van der Waals surface area contributed by atoms with Crippen LogP contribution in [-0.2, 0) is 4.74 Å². The van der Waals surface area contributed by atoms with Crippen molar-refractivity contribution in [3.63, 3.8) is 0 Å². The number of aryl methyl sites for hydroxylation is 1. The third-order valence-electron chi connectivity index (χ3n) is 5.11. The molecule has 2 N–H and O–H groups in total. The van der Waals surface area contributed by atoms with Gasteiger partial charge in [-0.25, -0.2) is 4.99 Å². The van der Waals surface area contributed by atoms with Crippen molar-refractivity contribution in [2.24, 2.45) is 21.6 Å². The van der Waals surface area contributed by atoms with Gasteiger partial charge in [-0.2, -0.15) is 10.5 Å². The van der Waals surface area contributed by atoms with Crippen LogP contribution in [-0.4, -0.2) is 23.3 Å². The minimum absolute atomic E-state index is 0.235. The molecule has 4 atom stereocenters. The minimum Gasteiger partial charge on any atom is -0.386 e. The van der Waals surface area contributed by atoms with Crippen molar-refractivity contribution in [1.82, 2.24) is 0 Å². The first-order valence-electron chi connectivity index (χ1n) is 7.11. The summed E-state index contributed by atoms with van der Waals surface area (Å²) in [6.45, 7) is 2.51. The third-order valence-corrected chi connectivity index (χ3v) is 6.40. The van der Waals surface area contributed by atoms with Gasteiger partial charge in [0.2, 0.25) is 5.06 Å². The largest absolute Gasteiger partial charge is 0.386 e. The van der Waals surface area contributed by atoms with E-state index < -0.39 is 15.9 Å². The summed E-state index contributed by atoms with van der Waals surface area (Å²) in [4.78, 5) is 4.43. The highest BCUT2D eigenvalue weighted by Gasteiger charge is 2.93. The highest BCUT2D eigenvalue weighted by atomic mass is 32.2. The maximum absolute atomic E-state index is 10.0. The van der Waals surface area contributed by atoms with Gasteiger partial charge in [-0.15, -0.1) is 0 Å². The molecule has 2 heterocycles. The molecule has 3 aliphatic rings. The molecule has 1 spiro atoms. The quantitative estimate of drug-likeness (QED) is 0.854. The average molecular weight is 310 g/mol. The smallest absolute Gasteiger partial charge is 0.230 e. The fourth-order valence-corrected chi connectivity index (χ4v) is 5.42. The maximum atomic E-state index is 10.0. The third kappa shape index (κ3) is 1.16. The van der Waals surface area contributed by atoms with E-state index in [0.717, 1.165) is 16.9 Å². The molecule has 0 unspecified atom stereocenters. The first kappa shape index (κ1) is 13.6. The number of amidine groups is 1. The molecule has 1 aromatic rings. The number of aliphatic imine (C=N–C) groups is 1. The standard InChI is InChI=1S/C16H14N4OS/c1-10-4-2-3-5-11(10)12-14(8-17)13(19)20-16(15(12,14)9-18)21-6-7-22-16/h2-5,12H,6-7H2,1H3,(H2,19,20)/t12-,14-,15-,16-/m1/s1. The predicted octanol–water partition coefficient (Wildman–Crippen LogP) is 1.90. The van der Waals surface area contributed by atoms with Gasteiger partial charge in [0.25, 0.3) is 0 Å². The monoisotopic (exact) mass is 310 g/mol. The van der Waals surface area contributed by atoms with Crippen molar-refractivity contribution in [2.75, 3.05) is 12.4 Å². The predicted molar refractivity (Wildman–Crippen MR) is 82.8 cm³/mol. The summed E-state index contributed by atoms with van der Waals surface area (Å²) in [6.07, 6.45) is 0. The van der Waals surface area contributed by atoms with Crippen LogP contribution in [0.5, 0.6) is 0 Å². The zero-order chi connectivity index (χ0) is 15.6. The van der Waals surface area contributed by atoms with Crippen LogP contribution in [0.1, 0.15) is 17.0 Å². The van der Waals surface area contributed by atoms with Gasteiger partial charge in [0.15, 0.2) is 5.41 Å². The van der Waals surface area contributed by atoms with Crippen LogP contribution < -0.4 is 5.73 Å². The Labute approximate surface area is 132 Å². The number of hydrogen-bond donors (Lipinski definition) is 1. The molecule has 2 fully saturated rings. The molecule has 1 aliphatic carbocycles. The number of thioether (sulfide) groups is 1. The molecular formula is C16H14N4OS. The molecule has 22 heavy (non-hydrogen) atoms. The molecular weight excluding hydrogens is 296 g/mol. The Hall–Kier alpha value is -2.02. The average Bonchev–Trinajstić information content (AvgIpc) is 2.76. The highest BCUT2D eigenvalue weighted by molar-refractivity contribution is 8.00. The lowest BCUT2D eigenvalue weighted by Gasteiger charge is -2.26. The van der Waals surface area contributed by atoms with Gasteiger partial charge in [0, 0.05) is 11.7 Å². The van der Waals surface area contributed by atoms with E-state index in [1.807, 2.05) is 31.2 Å². The van der Waals surface area contributed by atoms with Crippen molar-refractivity contribution >= 4 is 17.6 Å². The van der Waals surface area contributed by atoms with Crippen LogP contribution in [0.3, 0.4) is 0 Å². The molecule has 1 aromatic carbocycles. The first-order chi connectivity index (χ1) is 10.6. The Morgan fingerprint density at radius 3 is 2.73 bits per heavy atom. The van der Waals surface area contributed by atoms with Gasteiger partial charge in [-0.1, -0.05) is 36.0 Å². The van der Waals surface area contributed by atoms with Gasteiger partial charge in [0.05, 0.1) is 18.7 Å². The zero-order valence-corrected chi connectivity index (χ0v) is 12.9. The number of nitriles is 2. The fourth-order valence-electron chi connectivity index (χ4n) is 4.10. The van der Waals surface area contributed by atoms with Gasteiger partial charge in [-0.3, -0.25) is 0 Å². The summed E-state index contributed by atoms with van der Waals surface area (Å²) >= 11 is 1.48. The number of ether oxygens (including phenoxy) is 1. The second-order valence-electron chi connectivity index (χ2n) is 5.91. The van der Waals surface area contributed by atoms with E-state index in [2.05, 4.69) is 17.1 Å². The molecule has 0 radical (unpaired) electrons. The van der Waals surface area contributed by atoms with Crippen LogP contribution in [0.2, 0.25) is 0 Å². The molecule has 5 nitrogen and oxygen atoms in total. The fraction of sp³-hybridized carbons (Fsp3) is 0.438. The number of fused-ring (bicyclic) bond motifs is 2. The van der Waals surface area contributed by atoms with Crippen LogP contribution in [0, 0.1) is 40.4 Å².